The number of ether oxygens (including phenoxy) is 1. The van der Waals surface area contributed by atoms with Gasteiger partial charge in [-0.3, -0.25) is 4.79 Å². The number of aryl methyl sites for hydroxylation is 1. The normalized spacial score (nSPS) is 14.4. The molecule has 2 aromatic carbocycles. The molecule has 4 rings (SSSR count). The topological polar surface area (TPSA) is 57.4 Å². The molecule has 6 heteroatoms. The summed E-state index contributed by atoms with van der Waals surface area (Å²) in [5.74, 6) is -0.0857. The highest BCUT2D eigenvalue weighted by atomic mass is 35.5. The Bertz CT molecular complexity index is 993. The van der Waals surface area contributed by atoms with E-state index in [1.165, 1.54) is 5.56 Å². The van der Waals surface area contributed by atoms with Crippen molar-refractivity contribution in [3.05, 3.63) is 64.3 Å². The molecule has 0 saturated carbocycles. The number of amides is 1. The fourth-order valence-corrected chi connectivity index (χ4v) is 3.85. The highest BCUT2D eigenvalue weighted by molar-refractivity contribution is 6.30. The van der Waals surface area contributed by atoms with Crippen LogP contribution in [0.2, 0.25) is 5.02 Å². The quantitative estimate of drug-likeness (QED) is 0.685. The van der Waals surface area contributed by atoms with Crippen LogP contribution >= 0.6 is 11.6 Å². The van der Waals surface area contributed by atoms with Crippen molar-refractivity contribution in [2.75, 3.05) is 37.7 Å². The summed E-state index contributed by atoms with van der Waals surface area (Å²) < 4.78 is 5.45. The molecule has 0 radical (unpaired) electrons. The lowest BCUT2D eigenvalue weighted by molar-refractivity contribution is 0.0950. The number of fused-ring (bicyclic) bond motifs is 1. The zero-order chi connectivity index (χ0) is 19.5. The van der Waals surface area contributed by atoms with E-state index in [0.29, 0.717) is 12.2 Å². The van der Waals surface area contributed by atoms with E-state index in [-0.39, 0.29) is 5.91 Å². The van der Waals surface area contributed by atoms with E-state index in [2.05, 4.69) is 15.2 Å². The molecular weight excluding hydrogens is 374 g/mol. The van der Waals surface area contributed by atoms with E-state index in [9.17, 15) is 4.79 Å². The van der Waals surface area contributed by atoms with Gasteiger partial charge in [0.05, 0.1) is 13.2 Å². The van der Waals surface area contributed by atoms with E-state index >= 15 is 0 Å². The summed E-state index contributed by atoms with van der Waals surface area (Å²) >= 11 is 6.22. The molecule has 28 heavy (non-hydrogen) atoms. The van der Waals surface area contributed by atoms with Crippen LogP contribution in [0, 0.1) is 6.92 Å². The molecule has 1 aliphatic rings. The van der Waals surface area contributed by atoms with Gasteiger partial charge in [-0.2, -0.15) is 0 Å². The maximum Gasteiger partial charge on any atom is 0.267 e. The minimum absolute atomic E-state index is 0.0857. The number of aromatic nitrogens is 1. The van der Waals surface area contributed by atoms with Gasteiger partial charge >= 0.3 is 0 Å². The van der Waals surface area contributed by atoms with Gasteiger partial charge in [0.15, 0.2) is 0 Å². The van der Waals surface area contributed by atoms with Crippen molar-refractivity contribution < 1.29 is 9.53 Å². The van der Waals surface area contributed by atoms with Gasteiger partial charge in [0.2, 0.25) is 0 Å². The third-order valence-corrected chi connectivity index (χ3v) is 5.42. The first-order chi connectivity index (χ1) is 13.6. The van der Waals surface area contributed by atoms with Crippen LogP contribution in [0.5, 0.6) is 0 Å². The van der Waals surface area contributed by atoms with Gasteiger partial charge in [-0.1, -0.05) is 35.9 Å². The molecule has 0 bridgehead atoms. The Morgan fingerprint density at radius 2 is 2.04 bits per heavy atom. The Kier molecular flexibility index (Phi) is 5.55. The molecule has 1 aliphatic heterocycles. The average molecular weight is 398 g/mol. The van der Waals surface area contributed by atoms with Gasteiger partial charge in [-0.05, 0) is 42.7 Å². The van der Waals surface area contributed by atoms with Gasteiger partial charge < -0.3 is 19.9 Å². The second-order valence-corrected chi connectivity index (χ2v) is 7.54. The fraction of sp³-hybridized carbons (Fsp3) is 0.318. The number of nitrogens with zero attached hydrogens (tertiary/aromatic N) is 1. The molecule has 2 heterocycles. The van der Waals surface area contributed by atoms with Crippen LogP contribution in [-0.2, 0) is 11.2 Å². The molecule has 1 aromatic heterocycles. The van der Waals surface area contributed by atoms with Crippen molar-refractivity contribution in [1.82, 2.24) is 10.3 Å². The van der Waals surface area contributed by atoms with E-state index in [1.807, 2.05) is 49.4 Å². The fourth-order valence-electron chi connectivity index (χ4n) is 3.68. The van der Waals surface area contributed by atoms with Crippen LogP contribution < -0.4 is 10.2 Å². The standard InChI is InChI=1S/C22H24ClN3O2/c1-15-3-2-4-17-13-19(25-21(15)17)22(27)24-8-7-16-5-6-18(23)14-20(16)26-9-11-28-12-10-26/h2-6,13-14,25H,7-12H2,1H3,(H,24,27). The minimum atomic E-state index is -0.0857. The first-order valence-corrected chi connectivity index (χ1v) is 9.97. The third kappa shape index (κ3) is 4.01. The molecule has 3 aromatic rings. The van der Waals surface area contributed by atoms with Crippen molar-refractivity contribution in [2.45, 2.75) is 13.3 Å². The lowest BCUT2D eigenvalue weighted by atomic mass is 10.1. The predicted octanol–water partition coefficient (Wildman–Crippen LogP) is 3.94. The van der Waals surface area contributed by atoms with E-state index in [1.54, 1.807) is 0 Å². The summed E-state index contributed by atoms with van der Waals surface area (Å²) in [5.41, 5.74) is 5.05. The van der Waals surface area contributed by atoms with E-state index in [0.717, 1.165) is 59.9 Å². The van der Waals surface area contributed by atoms with Gasteiger partial charge in [-0.25, -0.2) is 0 Å². The number of para-hydroxylation sites is 1. The number of nitrogens with one attached hydrogen (secondary N) is 2. The lowest BCUT2D eigenvalue weighted by Gasteiger charge is -2.30. The second-order valence-electron chi connectivity index (χ2n) is 7.10. The van der Waals surface area contributed by atoms with E-state index in [4.69, 9.17) is 16.3 Å². The molecule has 0 atom stereocenters. The number of carbonyl (C=O) groups excluding carboxylic acids is 1. The Hall–Kier alpha value is -2.50. The molecule has 146 valence electrons. The maximum absolute atomic E-state index is 12.6. The molecule has 2 N–H and O–H groups in total. The van der Waals surface area contributed by atoms with Crippen molar-refractivity contribution in [2.24, 2.45) is 0 Å². The molecule has 0 unspecified atom stereocenters. The van der Waals surface area contributed by atoms with Crippen LogP contribution in [0.3, 0.4) is 0 Å². The zero-order valence-electron chi connectivity index (χ0n) is 15.9. The first kappa shape index (κ1) is 18.8. The van der Waals surface area contributed by atoms with Crippen LogP contribution in [-0.4, -0.2) is 43.7 Å². The minimum Gasteiger partial charge on any atom is -0.378 e. The van der Waals surface area contributed by atoms with Gasteiger partial charge in [0.1, 0.15) is 5.69 Å². The van der Waals surface area contributed by atoms with Crippen molar-refractivity contribution in [3.8, 4) is 0 Å². The number of rotatable bonds is 5. The van der Waals surface area contributed by atoms with Crippen molar-refractivity contribution in [3.63, 3.8) is 0 Å². The SMILES string of the molecule is Cc1cccc2cc(C(=O)NCCc3ccc(Cl)cc3N3CCOCC3)[nH]c12. The molecule has 0 aliphatic carbocycles. The zero-order valence-corrected chi connectivity index (χ0v) is 16.7. The highest BCUT2D eigenvalue weighted by Crippen LogP contribution is 2.26. The number of hydrogen-bond acceptors (Lipinski definition) is 3. The summed E-state index contributed by atoms with van der Waals surface area (Å²) in [6, 6.07) is 13.9. The van der Waals surface area contributed by atoms with Crippen LogP contribution in [0.1, 0.15) is 21.6 Å². The number of H-pyrrole nitrogens is 1. The smallest absolute Gasteiger partial charge is 0.267 e. The monoisotopic (exact) mass is 397 g/mol. The molecule has 0 spiro atoms. The number of morpholine rings is 1. The Labute approximate surface area is 169 Å². The number of benzene rings is 2. The molecular formula is C22H24ClN3O2. The Balaban J connectivity index is 1.43. The average Bonchev–Trinajstić information content (AvgIpc) is 3.15. The second kappa shape index (κ2) is 8.25. The summed E-state index contributed by atoms with van der Waals surface area (Å²) in [4.78, 5) is 18.1. The number of anilines is 1. The summed E-state index contributed by atoms with van der Waals surface area (Å²) in [7, 11) is 0. The van der Waals surface area contributed by atoms with Crippen molar-refractivity contribution in [1.29, 1.82) is 0 Å². The number of aromatic amines is 1. The number of halogens is 1. The van der Waals surface area contributed by atoms with E-state index < -0.39 is 0 Å². The molecule has 5 nitrogen and oxygen atoms in total. The predicted molar refractivity (Wildman–Crippen MR) is 114 cm³/mol. The first-order valence-electron chi connectivity index (χ1n) is 9.59. The highest BCUT2D eigenvalue weighted by Gasteiger charge is 2.16. The van der Waals surface area contributed by atoms with Crippen molar-refractivity contribution >= 4 is 34.1 Å². The van der Waals surface area contributed by atoms with Gasteiger partial charge in [0.25, 0.3) is 5.91 Å². The van der Waals surface area contributed by atoms with Gasteiger partial charge in [-0.15, -0.1) is 0 Å². The Morgan fingerprint density at radius 3 is 2.82 bits per heavy atom. The maximum atomic E-state index is 12.6. The summed E-state index contributed by atoms with van der Waals surface area (Å²) in [5, 5.41) is 4.80. The van der Waals surface area contributed by atoms with Crippen LogP contribution in [0.25, 0.3) is 10.9 Å². The van der Waals surface area contributed by atoms with Crippen LogP contribution in [0.15, 0.2) is 42.5 Å². The largest absolute Gasteiger partial charge is 0.378 e. The number of carbonyl (C=O) groups is 1. The number of hydrogen-bond donors (Lipinski definition) is 2. The summed E-state index contributed by atoms with van der Waals surface area (Å²) in [6.45, 7) is 5.76. The van der Waals surface area contributed by atoms with Gasteiger partial charge in [0, 0.05) is 41.2 Å². The Morgan fingerprint density at radius 1 is 1.21 bits per heavy atom. The molecule has 1 saturated heterocycles. The molecule has 1 fully saturated rings. The molecule has 1 amide bonds. The third-order valence-electron chi connectivity index (χ3n) is 5.19. The van der Waals surface area contributed by atoms with Crippen LogP contribution in [0.4, 0.5) is 5.69 Å². The summed E-state index contributed by atoms with van der Waals surface area (Å²) in [6.07, 6.45) is 0.745. The lowest BCUT2D eigenvalue weighted by Crippen LogP contribution is -2.37.